The maximum absolute atomic E-state index is 12.7. The van der Waals surface area contributed by atoms with Crippen molar-refractivity contribution in [1.29, 1.82) is 0 Å². The molecule has 4 heterocycles. The van der Waals surface area contributed by atoms with Crippen LogP contribution in [0.4, 0.5) is 11.4 Å². The minimum Gasteiger partial charge on any atom is -0.344 e. The number of carbonyl (C=O) groups is 6. The molecule has 0 spiro atoms. The van der Waals surface area contributed by atoms with Crippen molar-refractivity contribution in [3.63, 3.8) is 0 Å². The van der Waals surface area contributed by atoms with E-state index in [-0.39, 0.29) is 44.9 Å². The summed E-state index contributed by atoms with van der Waals surface area (Å²) in [6, 6.07) is 21.4. The van der Waals surface area contributed by atoms with E-state index >= 15 is 0 Å². The molecule has 4 aliphatic rings. The first-order valence-corrected chi connectivity index (χ1v) is 27.2. The van der Waals surface area contributed by atoms with E-state index in [0.29, 0.717) is 72.9 Å². The van der Waals surface area contributed by atoms with E-state index in [1.807, 2.05) is 70.2 Å². The van der Waals surface area contributed by atoms with Gasteiger partial charge in [-0.2, -0.15) is 21.4 Å². The summed E-state index contributed by atoms with van der Waals surface area (Å²) in [6.07, 6.45) is 16.1. The van der Waals surface area contributed by atoms with Crippen LogP contribution in [0, 0.1) is 0 Å². The molecule has 4 aliphatic heterocycles. The van der Waals surface area contributed by atoms with Gasteiger partial charge in [0.2, 0.25) is 5.69 Å². The van der Waals surface area contributed by atoms with Crippen LogP contribution in [0.1, 0.15) is 132 Å². The third kappa shape index (κ3) is 11.0. The highest BCUT2D eigenvalue weighted by atomic mass is 32.2. The van der Waals surface area contributed by atoms with Gasteiger partial charge < -0.3 is 14.6 Å². The molecule has 4 aromatic carbocycles. The summed E-state index contributed by atoms with van der Waals surface area (Å²) >= 11 is 0. The number of hydrogen-bond donors (Lipinski definition) is 2. The Morgan fingerprint density at radius 2 is 1.04 bits per heavy atom. The van der Waals surface area contributed by atoms with E-state index in [1.165, 1.54) is 48.5 Å². The Bertz CT molecular complexity index is 3370. The van der Waals surface area contributed by atoms with Gasteiger partial charge >= 0.3 is 11.9 Å². The molecule has 390 valence electrons. The predicted molar refractivity (Wildman–Crippen MR) is 274 cm³/mol. The fourth-order valence-electron chi connectivity index (χ4n) is 9.82. The van der Waals surface area contributed by atoms with Crippen molar-refractivity contribution >= 4 is 72.9 Å². The van der Waals surface area contributed by atoms with Crippen LogP contribution < -0.4 is 4.90 Å². The van der Waals surface area contributed by atoms with Crippen molar-refractivity contribution in [1.82, 2.24) is 10.1 Å². The third-order valence-corrected chi connectivity index (χ3v) is 15.4. The Morgan fingerprint density at radius 1 is 0.573 bits per heavy atom. The van der Waals surface area contributed by atoms with Gasteiger partial charge in [0.25, 0.3) is 43.9 Å². The molecule has 0 aromatic heterocycles. The molecule has 0 atom stereocenters. The van der Waals surface area contributed by atoms with Gasteiger partial charge in [0.15, 0.2) is 5.71 Å². The molecule has 2 N–H and O–H groups in total. The zero-order valence-corrected chi connectivity index (χ0v) is 43.2. The Labute approximate surface area is 434 Å². The van der Waals surface area contributed by atoms with Gasteiger partial charge in [0, 0.05) is 60.3 Å². The Morgan fingerprint density at radius 3 is 1.56 bits per heavy atom. The average molecular weight is 1060 g/mol. The molecular formula is C55H55N4O14S2+. The monoisotopic (exact) mass is 1060 g/mol. The fourth-order valence-corrected chi connectivity index (χ4v) is 10.8. The van der Waals surface area contributed by atoms with Crippen LogP contribution in [0.2, 0.25) is 0 Å². The average Bonchev–Trinajstić information content (AvgIpc) is 3.92. The second-order valence-corrected chi connectivity index (χ2v) is 22.2. The van der Waals surface area contributed by atoms with Crippen molar-refractivity contribution in [3.8, 4) is 0 Å². The van der Waals surface area contributed by atoms with E-state index in [0.717, 1.165) is 22.8 Å². The van der Waals surface area contributed by atoms with Crippen molar-refractivity contribution in [3.05, 3.63) is 167 Å². The van der Waals surface area contributed by atoms with E-state index in [2.05, 4.69) is 9.48 Å². The minimum atomic E-state index is -4.50. The van der Waals surface area contributed by atoms with Gasteiger partial charge in [0.05, 0.1) is 37.5 Å². The zero-order valence-electron chi connectivity index (χ0n) is 41.6. The number of fused-ring (bicyclic) bond motifs is 4. The van der Waals surface area contributed by atoms with Gasteiger partial charge in [-0.05, 0) is 106 Å². The number of anilines is 1. The molecule has 18 nitrogen and oxygen atoms in total. The highest BCUT2D eigenvalue weighted by Crippen LogP contribution is 2.49. The first-order valence-electron chi connectivity index (χ1n) is 24.3. The summed E-state index contributed by atoms with van der Waals surface area (Å²) in [5.41, 5.74) is 3.82. The second-order valence-electron chi connectivity index (χ2n) is 19.4. The lowest BCUT2D eigenvalue weighted by atomic mass is 9.81. The van der Waals surface area contributed by atoms with Crippen LogP contribution in [0.25, 0.3) is 0 Å². The standard InChI is InChI=1S/C55H54N4O14S2/c1-54(2)42-34-36(74(66,67)68)28-30-44(42)56(32-18-8-12-26-48(60)72-58-50(62)38-20-14-15-21-39(38)51(58)63)46(54)24-10-6-5-7-11-25-47-55(3,4)43-35-37(75(69,70)71)29-31-45(43)57(47)33-19-9-13-27-49(61)73-59-52(64)40-22-16-17-23-41(40)53(59)65/h5-7,10-11,14-17,20-25,28-31,34-35H,8-9,12-13,18-19,26-27,32-33H2,1-4H3,(H-,66,67,68,69,70,71)/p+1. The van der Waals surface area contributed by atoms with Gasteiger partial charge in [-0.3, -0.25) is 28.3 Å². The number of unbranched alkanes of at least 4 members (excludes halogenated alkanes) is 4. The maximum Gasteiger partial charge on any atom is 0.333 e. The normalized spacial score (nSPS) is 17.3. The molecule has 0 saturated heterocycles. The topological polar surface area (TPSA) is 242 Å². The lowest BCUT2D eigenvalue weighted by Gasteiger charge is -2.27. The van der Waals surface area contributed by atoms with Gasteiger partial charge in [0.1, 0.15) is 6.54 Å². The Hall–Kier alpha value is -7.65. The largest absolute Gasteiger partial charge is 0.344 e. The SMILES string of the molecule is CC1(C)C(/C=C/C=C/C=C/C=C2/N(CCCCCC(=O)ON3C(=O)c4ccccc4C3=O)c3ccc(S(=O)(=O)O)cc3C2(C)C)=[N+](CCCCCC(=O)ON2C(=O)c3ccccc3C2=O)c2ccc(S(=O)(=O)O)cc21. The molecule has 4 aromatic rings. The molecule has 8 rings (SSSR count). The van der Waals surface area contributed by atoms with Crippen LogP contribution in [0.5, 0.6) is 0 Å². The van der Waals surface area contributed by atoms with Crippen LogP contribution >= 0.6 is 0 Å². The maximum atomic E-state index is 12.7. The number of carbonyl (C=O) groups excluding carboxylic acids is 6. The number of imide groups is 2. The molecule has 4 amide bonds. The molecule has 0 unspecified atom stereocenters. The van der Waals surface area contributed by atoms with Crippen LogP contribution in [0.3, 0.4) is 0 Å². The molecule has 0 saturated carbocycles. The third-order valence-electron chi connectivity index (χ3n) is 13.7. The predicted octanol–water partition coefficient (Wildman–Crippen LogP) is 8.54. The summed E-state index contributed by atoms with van der Waals surface area (Å²) in [7, 11) is -8.99. The number of hydrogen-bond acceptors (Lipinski definition) is 13. The smallest absolute Gasteiger partial charge is 0.333 e. The van der Waals surface area contributed by atoms with Crippen LogP contribution in [0.15, 0.2) is 143 Å². The Kier molecular flexibility index (Phi) is 15.2. The minimum absolute atomic E-state index is 0.0392. The van der Waals surface area contributed by atoms with Gasteiger partial charge in [-0.1, -0.05) is 85.0 Å². The summed E-state index contributed by atoms with van der Waals surface area (Å²) in [6.45, 7) is 8.77. The number of nitrogens with zero attached hydrogens (tertiary/aromatic N) is 4. The summed E-state index contributed by atoms with van der Waals surface area (Å²) in [5.74, 6) is -4.23. The summed E-state index contributed by atoms with van der Waals surface area (Å²) in [4.78, 5) is 87.9. The number of hydroxylamine groups is 4. The number of rotatable bonds is 20. The van der Waals surface area contributed by atoms with E-state index in [4.69, 9.17) is 9.68 Å². The molecule has 0 radical (unpaired) electrons. The zero-order chi connectivity index (χ0) is 54.0. The van der Waals surface area contributed by atoms with Crippen molar-refractivity contribution in [2.24, 2.45) is 0 Å². The van der Waals surface area contributed by atoms with Crippen LogP contribution in [-0.4, -0.2) is 95.0 Å². The molecule has 0 bridgehead atoms. The molecule has 20 heteroatoms. The van der Waals surface area contributed by atoms with Crippen molar-refractivity contribution in [2.75, 3.05) is 18.0 Å². The highest BCUT2D eigenvalue weighted by Gasteiger charge is 2.45. The lowest BCUT2D eigenvalue weighted by Crippen LogP contribution is -2.32. The fraction of sp³-hybridized carbons (Fsp3) is 0.291. The molecule has 0 fully saturated rings. The molecular weight excluding hydrogens is 1000 g/mol. The number of benzene rings is 4. The van der Waals surface area contributed by atoms with E-state index < -0.39 is 66.6 Å². The summed E-state index contributed by atoms with van der Waals surface area (Å²) in [5, 5.41) is 0.985. The van der Waals surface area contributed by atoms with E-state index in [1.54, 1.807) is 36.4 Å². The number of allylic oxidation sites excluding steroid dienone is 8. The summed E-state index contributed by atoms with van der Waals surface area (Å²) < 4.78 is 70.6. The Balaban J connectivity index is 0.917. The molecule has 75 heavy (non-hydrogen) atoms. The van der Waals surface area contributed by atoms with E-state index in [9.17, 15) is 54.7 Å². The van der Waals surface area contributed by atoms with Gasteiger partial charge in [-0.15, -0.1) is 0 Å². The first kappa shape index (κ1) is 53.6. The number of amides is 4. The quantitative estimate of drug-likeness (QED) is 0.0277. The molecule has 0 aliphatic carbocycles. The van der Waals surface area contributed by atoms with Crippen molar-refractivity contribution in [2.45, 2.75) is 99.7 Å². The van der Waals surface area contributed by atoms with Crippen LogP contribution in [-0.2, 0) is 50.3 Å². The lowest BCUT2D eigenvalue weighted by molar-refractivity contribution is -0.438. The van der Waals surface area contributed by atoms with Crippen molar-refractivity contribution < 1.29 is 69.0 Å². The van der Waals surface area contributed by atoms with Gasteiger partial charge in [-0.25, -0.2) is 9.59 Å². The second kappa shape index (κ2) is 21.3. The first-order chi connectivity index (χ1) is 35.5. The highest BCUT2D eigenvalue weighted by molar-refractivity contribution is 7.86.